The molecule has 16 heavy (non-hydrogen) atoms. The maximum atomic E-state index is 5.87. The van der Waals surface area contributed by atoms with Crippen LogP contribution >= 0.6 is 39.1 Å². The summed E-state index contributed by atoms with van der Waals surface area (Å²) < 4.78 is 6.05. The Balaban J connectivity index is 2.22. The lowest BCUT2D eigenvalue weighted by Crippen LogP contribution is -1.91. The van der Waals surface area contributed by atoms with Crippen LogP contribution in [0.2, 0.25) is 5.02 Å². The molecule has 7 heteroatoms. The molecule has 0 spiro atoms. The molecule has 0 amide bonds. The first-order valence-corrected chi connectivity index (χ1v) is 6.00. The van der Waals surface area contributed by atoms with E-state index in [2.05, 4.69) is 31.4 Å². The highest BCUT2D eigenvalue weighted by molar-refractivity contribution is 9.10. The fraction of sp³-hybridized carbons (Fsp3) is 0.111. The summed E-state index contributed by atoms with van der Waals surface area (Å²) in [6.07, 6.45) is 0. The summed E-state index contributed by atoms with van der Waals surface area (Å²) in [5, 5.41) is 11.1. The summed E-state index contributed by atoms with van der Waals surface area (Å²) in [5.41, 5.74) is 0.747. The van der Waals surface area contributed by atoms with Crippen molar-refractivity contribution in [3.8, 4) is 0 Å². The first kappa shape index (κ1) is 11.7. The molecule has 0 aliphatic heterocycles. The molecule has 0 aliphatic rings. The second-order valence-corrected chi connectivity index (χ2v) is 4.44. The van der Waals surface area contributed by atoms with Crippen molar-refractivity contribution in [2.24, 2.45) is 0 Å². The molecule has 0 bridgehead atoms. The predicted molar refractivity (Wildman–Crippen MR) is 66.3 cm³/mol. The van der Waals surface area contributed by atoms with Gasteiger partial charge in [0, 0.05) is 9.50 Å². The molecule has 0 fully saturated rings. The van der Waals surface area contributed by atoms with Crippen LogP contribution in [-0.2, 0) is 5.88 Å². The highest BCUT2D eigenvalue weighted by Crippen LogP contribution is 2.28. The molecule has 0 aliphatic carbocycles. The molecule has 84 valence electrons. The van der Waals surface area contributed by atoms with Crippen molar-refractivity contribution in [1.82, 2.24) is 10.2 Å². The molecule has 0 radical (unpaired) electrons. The van der Waals surface area contributed by atoms with E-state index in [9.17, 15) is 0 Å². The number of hydrogen-bond donors (Lipinski definition) is 1. The van der Waals surface area contributed by atoms with E-state index < -0.39 is 0 Å². The molecule has 0 saturated carbocycles. The third-order valence-electron chi connectivity index (χ3n) is 1.75. The first-order chi connectivity index (χ1) is 7.69. The molecular weight excluding hydrogens is 317 g/mol. The Bertz CT molecular complexity index is 503. The van der Waals surface area contributed by atoms with Gasteiger partial charge in [-0.2, -0.15) is 0 Å². The van der Waals surface area contributed by atoms with E-state index in [4.69, 9.17) is 27.6 Å². The maximum Gasteiger partial charge on any atom is 0.320 e. The smallest absolute Gasteiger partial charge is 0.320 e. The zero-order valence-electron chi connectivity index (χ0n) is 7.88. The van der Waals surface area contributed by atoms with Gasteiger partial charge in [-0.25, -0.2) is 0 Å². The number of halogens is 3. The van der Waals surface area contributed by atoms with Crippen molar-refractivity contribution in [3.05, 3.63) is 33.6 Å². The van der Waals surface area contributed by atoms with Gasteiger partial charge in [0.05, 0.1) is 5.69 Å². The number of rotatable bonds is 3. The number of benzene rings is 1. The number of hydrogen-bond acceptors (Lipinski definition) is 4. The van der Waals surface area contributed by atoms with Crippen LogP contribution < -0.4 is 5.32 Å². The fourth-order valence-electron chi connectivity index (χ4n) is 1.07. The monoisotopic (exact) mass is 321 g/mol. The summed E-state index contributed by atoms with van der Waals surface area (Å²) in [6, 6.07) is 5.62. The zero-order chi connectivity index (χ0) is 11.5. The lowest BCUT2D eigenvalue weighted by molar-refractivity contribution is 0.530. The number of alkyl halides is 1. The number of anilines is 2. The van der Waals surface area contributed by atoms with E-state index in [1.807, 2.05) is 6.07 Å². The Labute approximate surface area is 110 Å². The van der Waals surface area contributed by atoms with Crippen molar-refractivity contribution in [3.63, 3.8) is 0 Å². The average Bonchev–Trinajstić information content (AvgIpc) is 2.71. The molecule has 2 rings (SSSR count). The number of aromatic nitrogens is 2. The molecular formula is C9H6BrCl2N3O. The lowest BCUT2D eigenvalue weighted by atomic mass is 10.3. The Morgan fingerprint density at radius 3 is 2.88 bits per heavy atom. The molecule has 0 unspecified atom stereocenters. The van der Waals surface area contributed by atoms with Gasteiger partial charge in [-0.3, -0.25) is 0 Å². The van der Waals surface area contributed by atoms with Crippen LogP contribution in [0.3, 0.4) is 0 Å². The largest absolute Gasteiger partial charge is 0.407 e. The highest BCUT2D eigenvalue weighted by Gasteiger charge is 2.07. The average molecular weight is 323 g/mol. The van der Waals surface area contributed by atoms with Crippen LogP contribution in [0.15, 0.2) is 27.1 Å². The van der Waals surface area contributed by atoms with Gasteiger partial charge in [0.15, 0.2) is 0 Å². The van der Waals surface area contributed by atoms with Crippen molar-refractivity contribution in [2.75, 3.05) is 5.32 Å². The van der Waals surface area contributed by atoms with E-state index in [1.165, 1.54) is 0 Å². The van der Waals surface area contributed by atoms with Crippen molar-refractivity contribution in [1.29, 1.82) is 0 Å². The van der Waals surface area contributed by atoms with Gasteiger partial charge in [0.1, 0.15) is 5.88 Å². The Morgan fingerprint density at radius 1 is 1.38 bits per heavy atom. The van der Waals surface area contributed by atoms with Gasteiger partial charge in [0.25, 0.3) is 0 Å². The molecule has 4 nitrogen and oxygen atoms in total. The predicted octanol–water partition coefficient (Wildman–Crippen LogP) is 3.97. The van der Waals surface area contributed by atoms with E-state index in [0.29, 0.717) is 10.9 Å². The standard InChI is InChI=1S/C9H6BrCl2N3O/c10-6-2-1-5(12)3-7(6)13-9-15-14-8(4-11)16-9/h1-3H,4H2,(H,13,15). The minimum absolute atomic E-state index is 0.186. The van der Waals surface area contributed by atoms with Crippen molar-refractivity contribution >= 4 is 50.8 Å². The maximum absolute atomic E-state index is 5.87. The molecule has 0 saturated heterocycles. The molecule has 1 N–H and O–H groups in total. The van der Waals surface area contributed by atoms with E-state index >= 15 is 0 Å². The first-order valence-electron chi connectivity index (χ1n) is 4.29. The molecule has 1 aromatic heterocycles. The van der Waals surface area contributed by atoms with Gasteiger partial charge in [-0.15, -0.1) is 16.7 Å². The second-order valence-electron chi connectivity index (χ2n) is 2.88. The minimum Gasteiger partial charge on any atom is -0.407 e. The van der Waals surface area contributed by atoms with Crippen LogP contribution in [0.1, 0.15) is 5.89 Å². The summed E-state index contributed by atoms with van der Waals surface area (Å²) in [4.78, 5) is 0. The van der Waals surface area contributed by atoms with Crippen LogP contribution in [0.4, 0.5) is 11.7 Å². The van der Waals surface area contributed by atoms with Crippen LogP contribution in [0.25, 0.3) is 0 Å². The summed E-state index contributed by atoms with van der Waals surface area (Å²) in [6.45, 7) is 0. The van der Waals surface area contributed by atoms with Gasteiger partial charge in [-0.1, -0.05) is 16.7 Å². The molecule has 1 heterocycles. The highest BCUT2D eigenvalue weighted by atomic mass is 79.9. The minimum atomic E-state index is 0.186. The van der Waals surface area contributed by atoms with E-state index in [-0.39, 0.29) is 11.9 Å². The Morgan fingerprint density at radius 2 is 2.19 bits per heavy atom. The molecule has 1 aromatic carbocycles. The van der Waals surface area contributed by atoms with Gasteiger partial charge in [0.2, 0.25) is 5.89 Å². The SMILES string of the molecule is ClCc1nnc(Nc2cc(Cl)ccc2Br)o1. The normalized spacial score (nSPS) is 10.4. The number of nitrogens with zero attached hydrogens (tertiary/aromatic N) is 2. The second kappa shape index (κ2) is 5.03. The fourth-order valence-corrected chi connectivity index (χ4v) is 1.69. The third kappa shape index (κ3) is 2.66. The Kier molecular flexibility index (Phi) is 3.68. The summed E-state index contributed by atoms with van der Waals surface area (Å²) in [7, 11) is 0. The van der Waals surface area contributed by atoms with Crippen molar-refractivity contribution < 1.29 is 4.42 Å². The Hall–Kier alpha value is -0.780. The topological polar surface area (TPSA) is 51.0 Å². The quantitative estimate of drug-likeness (QED) is 0.869. The summed E-state index contributed by atoms with van der Waals surface area (Å²) in [5.74, 6) is 0.549. The van der Waals surface area contributed by atoms with Crippen LogP contribution in [0, 0.1) is 0 Å². The third-order valence-corrected chi connectivity index (χ3v) is 2.91. The van der Waals surface area contributed by atoms with Crippen LogP contribution in [-0.4, -0.2) is 10.2 Å². The lowest BCUT2D eigenvalue weighted by Gasteiger charge is -2.04. The number of nitrogens with one attached hydrogen (secondary N) is 1. The molecule has 0 atom stereocenters. The zero-order valence-corrected chi connectivity index (χ0v) is 11.0. The van der Waals surface area contributed by atoms with E-state index in [1.54, 1.807) is 12.1 Å². The van der Waals surface area contributed by atoms with Gasteiger partial charge < -0.3 is 9.73 Å². The summed E-state index contributed by atoms with van der Waals surface area (Å²) >= 11 is 14.8. The van der Waals surface area contributed by atoms with Crippen LogP contribution in [0.5, 0.6) is 0 Å². The van der Waals surface area contributed by atoms with E-state index in [0.717, 1.165) is 10.2 Å². The van der Waals surface area contributed by atoms with Gasteiger partial charge in [-0.05, 0) is 34.1 Å². The van der Waals surface area contributed by atoms with Gasteiger partial charge >= 0.3 is 6.01 Å². The molecule has 2 aromatic rings. The van der Waals surface area contributed by atoms with Crippen molar-refractivity contribution in [2.45, 2.75) is 5.88 Å².